The molecule has 1 aliphatic rings. The highest BCUT2D eigenvalue weighted by atomic mass is 32.1. The van der Waals surface area contributed by atoms with Crippen LogP contribution in [-0.2, 0) is 14.3 Å². The molecule has 1 saturated heterocycles. The second-order valence-corrected chi connectivity index (χ2v) is 5.50. The fourth-order valence-corrected chi connectivity index (χ4v) is 2.89. The van der Waals surface area contributed by atoms with Crippen LogP contribution in [0.5, 0.6) is 0 Å². The molecular formula is C16H20N2O3S. The van der Waals surface area contributed by atoms with E-state index in [1.807, 2.05) is 35.2 Å². The summed E-state index contributed by atoms with van der Waals surface area (Å²) in [5.41, 5.74) is 0.728. The lowest BCUT2D eigenvalue weighted by Gasteiger charge is -2.23. The Bertz CT molecular complexity index is 562. The molecule has 2 rings (SSSR count). The summed E-state index contributed by atoms with van der Waals surface area (Å²) < 4.78 is 4.71. The summed E-state index contributed by atoms with van der Waals surface area (Å²) in [4.78, 5) is 27.7. The van der Waals surface area contributed by atoms with Crippen LogP contribution in [0.3, 0.4) is 0 Å². The van der Waals surface area contributed by atoms with Crippen LogP contribution in [0.4, 0.5) is 5.69 Å². The van der Waals surface area contributed by atoms with Gasteiger partial charge in [-0.05, 0) is 30.8 Å². The smallest absolute Gasteiger partial charge is 0.308 e. The average molecular weight is 320 g/mol. The lowest BCUT2D eigenvalue weighted by atomic mass is 10.1. The van der Waals surface area contributed by atoms with Crippen molar-refractivity contribution in [3.63, 3.8) is 0 Å². The number of amides is 1. The minimum absolute atomic E-state index is 0.0164. The van der Waals surface area contributed by atoms with E-state index in [-0.39, 0.29) is 12.3 Å². The summed E-state index contributed by atoms with van der Waals surface area (Å²) in [6.07, 6.45) is 1.92. The monoisotopic (exact) mass is 320 g/mol. The normalized spacial score (nSPS) is 18.0. The minimum atomic E-state index is -0.577. The molecule has 1 heterocycles. The number of hydrogen-bond donors (Lipinski definition) is 0. The van der Waals surface area contributed by atoms with E-state index in [1.54, 1.807) is 0 Å². The van der Waals surface area contributed by atoms with Gasteiger partial charge in [0.05, 0.1) is 19.2 Å². The van der Waals surface area contributed by atoms with Crippen LogP contribution in [0, 0.1) is 0 Å². The number of hydrogen-bond acceptors (Lipinski definition) is 4. The van der Waals surface area contributed by atoms with Gasteiger partial charge in [0.2, 0.25) is 0 Å². The molecule has 0 bridgehead atoms. The summed E-state index contributed by atoms with van der Waals surface area (Å²) in [6, 6.07) is 8.69. The summed E-state index contributed by atoms with van der Waals surface area (Å²) in [5, 5.41) is 0.457. The molecule has 6 heteroatoms. The Balaban J connectivity index is 2.28. The highest BCUT2D eigenvalue weighted by molar-refractivity contribution is 7.80. The van der Waals surface area contributed by atoms with E-state index in [2.05, 4.69) is 6.92 Å². The highest BCUT2D eigenvalue weighted by Crippen LogP contribution is 2.27. The number of thiocarbonyl (C=S) groups is 1. The number of para-hydroxylation sites is 1. The second kappa shape index (κ2) is 7.35. The van der Waals surface area contributed by atoms with Crippen LogP contribution in [0.15, 0.2) is 30.3 Å². The summed E-state index contributed by atoms with van der Waals surface area (Å²) in [6.45, 7) is 2.73. The predicted octanol–water partition coefficient (Wildman–Crippen LogP) is 2.35. The number of carbonyl (C=O) groups excluding carboxylic acids is 2. The molecule has 0 aliphatic carbocycles. The average Bonchev–Trinajstić information content (AvgIpc) is 2.76. The van der Waals surface area contributed by atoms with E-state index in [0.717, 1.165) is 18.5 Å². The van der Waals surface area contributed by atoms with Crippen molar-refractivity contribution < 1.29 is 14.3 Å². The second-order valence-electron chi connectivity index (χ2n) is 5.13. The Morgan fingerprint density at radius 3 is 2.59 bits per heavy atom. The molecule has 0 N–H and O–H groups in total. The molecule has 0 radical (unpaired) electrons. The third-order valence-corrected chi connectivity index (χ3v) is 4.09. The Labute approximate surface area is 135 Å². The number of ether oxygens (including phenoxy) is 1. The molecule has 22 heavy (non-hydrogen) atoms. The van der Waals surface area contributed by atoms with Gasteiger partial charge in [0.25, 0.3) is 5.91 Å². The van der Waals surface area contributed by atoms with Crippen molar-refractivity contribution in [2.24, 2.45) is 0 Å². The van der Waals surface area contributed by atoms with E-state index < -0.39 is 12.0 Å². The summed E-state index contributed by atoms with van der Waals surface area (Å²) >= 11 is 5.48. The minimum Gasteiger partial charge on any atom is -0.469 e. The Kier molecular flexibility index (Phi) is 5.49. The SMILES string of the molecule is CCCCN1C(=S)N(c2ccccc2)C(=O)C1CC(=O)OC. The van der Waals surface area contributed by atoms with Gasteiger partial charge in [0, 0.05) is 6.54 Å². The Morgan fingerprint density at radius 1 is 1.32 bits per heavy atom. The predicted molar refractivity (Wildman–Crippen MR) is 88.6 cm³/mol. The molecular weight excluding hydrogens is 300 g/mol. The van der Waals surface area contributed by atoms with Gasteiger partial charge in [-0.1, -0.05) is 31.5 Å². The highest BCUT2D eigenvalue weighted by Gasteiger charge is 2.43. The third kappa shape index (κ3) is 3.27. The number of carbonyl (C=O) groups is 2. The Morgan fingerprint density at radius 2 is 2.00 bits per heavy atom. The largest absolute Gasteiger partial charge is 0.469 e. The van der Waals surface area contributed by atoms with Crippen LogP contribution in [0.1, 0.15) is 26.2 Å². The fourth-order valence-electron chi connectivity index (χ4n) is 2.47. The van der Waals surface area contributed by atoms with Gasteiger partial charge >= 0.3 is 5.97 Å². The first kappa shape index (κ1) is 16.4. The number of methoxy groups -OCH3 is 1. The number of esters is 1. The van der Waals surface area contributed by atoms with E-state index in [0.29, 0.717) is 11.7 Å². The first-order chi connectivity index (χ1) is 10.6. The van der Waals surface area contributed by atoms with Crippen molar-refractivity contribution in [1.82, 2.24) is 4.90 Å². The van der Waals surface area contributed by atoms with Crippen LogP contribution in [-0.4, -0.2) is 41.6 Å². The van der Waals surface area contributed by atoms with E-state index in [4.69, 9.17) is 17.0 Å². The van der Waals surface area contributed by atoms with Gasteiger partial charge in [0.15, 0.2) is 5.11 Å². The molecule has 0 spiro atoms. The molecule has 1 unspecified atom stereocenters. The molecule has 1 aliphatic heterocycles. The quantitative estimate of drug-likeness (QED) is 0.595. The topological polar surface area (TPSA) is 49.9 Å². The van der Waals surface area contributed by atoms with Crippen molar-refractivity contribution in [3.8, 4) is 0 Å². The maximum atomic E-state index is 12.7. The van der Waals surface area contributed by atoms with E-state index >= 15 is 0 Å². The van der Waals surface area contributed by atoms with Crippen LogP contribution >= 0.6 is 12.2 Å². The fraction of sp³-hybridized carbons (Fsp3) is 0.438. The molecule has 1 fully saturated rings. The van der Waals surface area contributed by atoms with Crippen molar-refractivity contribution in [1.29, 1.82) is 0 Å². The van der Waals surface area contributed by atoms with Crippen LogP contribution < -0.4 is 4.90 Å². The first-order valence-corrected chi connectivity index (χ1v) is 7.77. The molecule has 0 saturated carbocycles. The lowest BCUT2D eigenvalue weighted by molar-refractivity contribution is -0.143. The van der Waals surface area contributed by atoms with Gasteiger partial charge in [-0.15, -0.1) is 0 Å². The van der Waals surface area contributed by atoms with Gasteiger partial charge in [0.1, 0.15) is 6.04 Å². The molecule has 1 amide bonds. The molecule has 118 valence electrons. The van der Waals surface area contributed by atoms with Gasteiger partial charge in [-0.3, -0.25) is 14.5 Å². The zero-order valence-corrected chi connectivity index (χ0v) is 13.6. The van der Waals surface area contributed by atoms with Crippen LogP contribution in [0.2, 0.25) is 0 Å². The molecule has 1 aromatic rings. The van der Waals surface area contributed by atoms with Gasteiger partial charge in [-0.2, -0.15) is 0 Å². The first-order valence-electron chi connectivity index (χ1n) is 7.36. The maximum Gasteiger partial charge on any atom is 0.308 e. The number of rotatable bonds is 6. The van der Waals surface area contributed by atoms with Crippen molar-refractivity contribution in [3.05, 3.63) is 30.3 Å². The van der Waals surface area contributed by atoms with Crippen molar-refractivity contribution in [2.75, 3.05) is 18.6 Å². The zero-order chi connectivity index (χ0) is 16.1. The standard InChI is InChI=1S/C16H20N2O3S/c1-3-4-10-17-13(11-14(19)21-2)15(20)18(16(17)22)12-8-6-5-7-9-12/h5-9,13H,3-4,10-11H2,1-2H3. The summed E-state index contributed by atoms with van der Waals surface area (Å²) in [5.74, 6) is -0.574. The molecule has 0 aromatic heterocycles. The van der Waals surface area contributed by atoms with Crippen LogP contribution in [0.25, 0.3) is 0 Å². The lowest BCUT2D eigenvalue weighted by Crippen LogP contribution is -2.37. The number of anilines is 1. The summed E-state index contributed by atoms with van der Waals surface area (Å²) in [7, 11) is 1.32. The van der Waals surface area contributed by atoms with Gasteiger partial charge < -0.3 is 9.64 Å². The van der Waals surface area contributed by atoms with Crippen molar-refractivity contribution in [2.45, 2.75) is 32.2 Å². The molecule has 1 atom stereocenters. The third-order valence-electron chi connectivity index (χ3n) is 3.67. The molecule has 5 nitrogen and oxygen atoms in total. The zero-order valence-electron chi connectivity index (χ0n) is 12.8. The maximum absolute atomic E-state index is 12.7. The molecule has 1 aromatic carbocycles. The van der Waals surface area contributed by atoms with Crippen molar-refractivity contribution >= 4 is 34.9 Å². The number of unbranched alkanes of at least 4 members (excludes halogenated alkanes) is 1. The van der Waals surface area contributed by atoms with E-state index in [1.165, 1.54) is 12.0 Å². The van der Waals surface area contributed by atoms with Gasteiger partial charge in [-0.25, -0.2) is 0 Å². The Hall–Kier alpha value is -1.95. The van der Waals surface area contributed by atoms with E-state index in [9.17, 15) is 9.59 Å². The number of nitrogens with zero attached hydrogens (tertiary/aromatic N) is 2. The number of benzene rings is 1.